The van der Waals surface area contributed by atoms with E-state index in [0.717, 1.165) is 5.56 Å². The van der Waals surface area contributed by atoms with E-state index in [-0.39, 0.29) is 11.5 Å². The number of anilines is 2. The number of hydrogen-bond acceptors (Lipinski definition) is 2. The van der Waals surface area contributed by atoms with Crippen LogP contribution in [0.3, 0.4) is 0 Å². The summed E-state index contributed by atoms with van der Waals surface area (Å²) in [5, 5.41) is 7.87. The van der Waals surface area contributed by atoms with Gasteiger partial charge < -0.3 is 16.0 Å². The summed E-state index contributed by atoms with van der Waals surface area (Å²) in [7, 11) is 0. The van der Waals surface area contributed by atoms with Gasteiger partial charge in [-0.05, 0) is 36.2 Å². The van der Waals surface area contributed by atoms with Crippen LogP contribution in [0.15, 0.2) is 48.5 Å². The predicted octanol–water partition coefficient (Wildman–Crippen LogP) is 3.95. The molecule has 3 amide bonds. The molecule has 0 aromatic heterocycles. The molecule has 0 aliphatic heterocycles. The van der Waals surface area contributed by atoms with Gasteiger partial charge in [-0.25, -0.2) is 13.6 Å². The van der Waals surface area contributed by atoms with Gasteiger partial charge in [0, 0.05) is 30.4 Å². The average Bonchev–Trinajstić information content (AvgIpc) is 2.56. The van der Waals surface area contributed by atoms with Crippen LogP contribution in [-0.2, 0) is 11.2 Å². The largest absolute Gasteiger partial charge is 0.338 e. The first-order valence-electron chi connectivity index (χ1n) is 7.73. The summed E-state index contributed by atoms with van der Waals surface area (Å²) in [6.45, 7) is 1.83. The van der Waals surface area contributed by atoms with Gasteiger partial charge in [-0.15, -0.1) is 0 Å². The number of urea groups is 1. The van der Waals surface area contributed by atoms with Crippen molar-refractivity contribution in [2.45, 2.75) is 19.8 Å². The van der Waals surface area contributed by atoms with Crippen molar-refractivity contribution in [1.29, 1.82) is 0 Å². The lowest BCUT2D eigenvalue weighted by Gasteiger charge is -2.09. The number of carbonyl (C=O) groups is 2. The van der Waals surface area contributed by atoms with Gasteiger partial charge in [0.15, 0.2) is 0 Å². The fourth-order valence-corrected chi connectivity index (χ4v) is 2.21. The molecule has 2 aromatic rings. The quantitative estimate of drug-likeness (QED) is 0.740. The first-order valence-corrected chi connectivity index (χ1v) is 7.73. The number of hydrogen-bond donors (Lipinski definition) is 3. The monoisotopic (exact) mass is 347 g/mol. The van der Waals surface area contributed by atoms with Gasteiger partial charge in [0.25, 0.3) is 6.43 Å². The Kier molecular flexibility index (Phi) is 6.45. The zero-order valence-electron chi connectivity index (χ0n) is 13.7. The van der Waals surface area contributed by atoms with Gasteiger partial charge in [-0.2, -0.15) is 0 Å². The lowest BCUT2D eigenvalue weighted by Crippen LogP contribution is -2.30. The Bertz CT molecular complexity index is 733. The minimum atomic E-state index is -2.58. The highest BCUT2D eigenvalue weighted by Crippen LogP contribution is 2.21. The molecule has 0 heterocycles. The first kappa shape index (κ1) is 18.4. The van der Waals surface area contributed by atoms with Gasteiger partial charge in [0.05, 0.1) is 0 Å². The molecule has 0 aliphatic rings. The van der Waals surface area contributed by atoms with Crippen molar-refractivity contribution in [2.75, 3.05) is 17.2 Å². The van der Waals surface area contributed by atoms with E-state index in [1.807, 2.05) is 12.1 Å². The minimum Gasteiger partial charge on any atom is -0.338 e. The van der Waals surface area contributed by atoms with Gasteiger partial charge in [-0.3, -0.25) is 4.79 Å². The number of carbonyl (C=O) groups excluding carboxylic acids is 2. The van der Waals surface area contributed by atoms with E-state index >= 15 is 0 Å². The number of halogens is 2. The smallest absolute Gasteiger partial charge is 0.319 e. The van der Waals surface area contributed by atoms with Gasteiger partial charge >= 0.3 is 6.03 Å². The summed E-state index contributed by atoms with van der Waals surface area (Å²) < 4.78 is 25.2. The van der Waals surface area contributed by atoms with Crippen LogP contribution in [0.5, 0.6) is 0 Å². The molecule has 0 unspecified atom stereocenters. The van der Waals surface area contributed by atoms with Crippen LogP contribution in [0.4, 0.5) is 25.0 Å². The Morgan fingerprint density at radius 1 is 1.00 bits per heavy atom. The Labute approximate surface area is 144 Å². The van der Waals surface area contributed by atoms with Crippen LogP contribution in [0.1, 0.15) is 24.5 Å². The highest BCUT2D eigenvalue weighted by molar-refractivity contribution is 5.89. The summed E-state index contributed by atoms with van der Waals surface area (Å²) >= 11 is 0. The van der Waals surface area contributed by atoms with Crippen molar-refractivity contribution < 1.29 is 18.4 Å². The number of alkyl halides is 2. The van der Waals surface area contributed by atoms with E-state index in [9.17, 15) is 18.4 Å². The SMILES string of the molecule is CC(=O)Nc1ccc(CCNC(=O)Nc2cccc(C(F)F)c2)cc1. The second kappa shape index (κ2) is 8.77. The molecule has 0 saturated heterocycles. The molecule has 25 heavy (non-hydrogen) atoms. The Hall–Kier alpha value is -2.96. The Balaban J connectivity index is 1.78. The topological polar surface area (TPSA) is 70.2 Å². The molecule has 132 valence electrons. The van der Waals surface area contributed by atoms with Crippen LogP contribution >= 0.6 is 0 Å². The van der Waals surface area contributed by atoms with E-state index in [0.29, 0.717) is 24.3 Å². The summed E-state index contributed by atoms with van der Waals surface area (Å²) in [6, 6.07) is 12.4. The lowest BCUT2D eigenvalue weighted by atomic mass is 10.1. The molecule has 0 atom stereocenters. The minimum absolute atomic E-state index is 0.137. The Morgan fingerprint density at radius 3 is 2.36 bits per heavy atom. The van der Waals surface area contributed by atoms with Crippen LogP contribution in [0.25, 0.3) is 0 Å². The summed E-state index contributed by atoms with van der Waals surface area (Å²) in [4.78, 5) is 22.7. The second-order valence-electron chi connectivity index (χ2n) is 5.44. The molecular formula is C18H19F2N3O2. The van der Waals surface area contributed by atoms with Crippen molar-refractivity contribution in [3.63, 3.8) is 0 Å². The maximum Gasteiger partial charge on any atom is 0.319 e. The summed E-state index contributed by atoms with van der Waals surface area (Å²) in [5.74, 6) is -0.137. The molecule has 0 bridgehead atoms. The maximum absolute atomic E-state index is 12.6. The second-order valence-corrected chi connectivity index (χ2v) is 5.44. The van der Waals surface area contributed by atoms with Crippen LogP contribution < -0.4 is 16.0 Å². The van der Waals surface area contributed by atoms with Crippen molar-refractivity contribution in [3.05, 3.63) is 59.7 Å². The highest BCUT2D eigenvalue weighted by Gasteiger charge is 2.08. The van der Waals surface area contributed by atoms with Crippen molar-refractivity contribution in [1.82, 2.24) is 5.32 Å². The fourth-order valence-electron chi connectivity index (χ4n) is 2.21. The summed E-state index contributed by atoms with van der Waals surface area (Å²) in [6.07, 6.45) is -1.98. The molecule has 5 nitrogen and oxygen atoms in total. The van der Waals surface area contributed by atoms with Crippen molar-refractivity contribution in [3.8, 4) is 0 Å². The zero-order chi connectivity index (χ0) is 18.2. The molecule has 0 aliphatic carbocycles. The Morgan fingerprint density at radius 2 is 1.72 bits per heavy atom. The molecule has 0 saturated carbocycles. The van der Waals surface area contributed by atoms with E-state index in [1.165, 1.54) is 25.1 Å². The third-order valence-corrected chi connectivity index (χ3v) is 3.37. The normalized spacial score (nSPS) is 10.4. The van der Waals surface area contributed by atoms with E-state index in [1.54, 1.807) is 18.2 Å². The van der Waals surface area contributed by atoms with Crippen LogP contribution in [0, 0.1) is 0 Å². The standard InChI is InChI=1S/C18H19F2N3O2/c1-12(24)22-15-7-5-13(6-8-15)9-10-21-18(25)23-16-4-2-3-14(11-16)17(19)20/h2-8,11,17H,9-10H2,1H3,(H,22,24)(H2,21,23,25). The van der Waals surface area contributed by atoms with E-state index < -0.39 is 12.5 Å². The molecule has 0 radical (unpaired) electrons. The third-order valence-electron chi connectivity index (χ3n) is 3.37. The first-order chi connectivity index (χ1) is 11.9. The van der Waals surface area contributed by atoms with Crippen LogP contribution in [-0.4, -0.2) is 18.5 Å². The molecule has 2 aromatic carbocycles. The number of benzene rings is 2. The predicted molar refractivity (Wildman–Crippen MR) is 92.9 cm³/mol. The van der Waals surface area contributed by atoms with Gasteiger partial charge in [0.1, 0.15) is 0 Å². The highest BCUT2D eigenvalue weighted by atomic mass is 19.3. The number of nitrogens with one attached hydrogen (secondary N) is 3. The number of amides is 3. The molecule has 0 spiro atoms. The maximum atomic E-state index is 12.6. The average molecular weight is 347 g/mol. The van der Waals surface area contributed by atoms with Crippen molar-refractivity contribution >= 4 is 23.3 Å². The molecular weight excluding hydrogens is 328 g/mol. The van der Waals surface area contributed by atoms with Gasteiger partial charge in [-0.1, -0.05) is 24.3 Å². The third kappa shape index (κ3) is 6.21. The summed E-state index contributed by atoms with van der Waals surface area (Å²) in [5.41, 5.74) is 1.88. The zero-order valence-corrected chi connectivity index (χ0v) is 13.7. The molecule has 3 N–H and O–H groups in total. The van der Waals surface area contributed by atoms with Gasteiger partial charge in [0.2, 0.25) is 5.91 Å². The number of rotatable bonds is 6. The molecule has 7 heteroatoms. The molecule has 2 rings (SSSR count). The van der Waals surface area contributed by atoms with E-state index in [2.05, 4.69) is 16.0 Å². The van der Waals surface area contributed by atoms with Crippen molar-refractivity contribution in [2.24, 2.45) is 0 Å². The fraction of sp³-hybridized carbons (Fsp3) is 0.222. The van der Waals surface area contributed by atoms with E-state index in [4.69, 9.17) is 0 Å². The molecule has 0 fully saturated rings. The lowest BCUT2D eigenvalue weighted by molar-refractivity contribution is -0.114. The van der Waals surface area contributed by atoms with Crippen LogP contribution in [0.2, 0.25) is 0 Å².